The van der Waals surface area contributed by atoms with E-state index in [1.807, 2.05) is 19.1 Å². The van der Waals surface area contributed by atoms with Gasteiger partial charge in [0.05, 0.1) is 16.6 Å². The maximum Gasteiger partial charge on any atom is 0.338 e. The Bertz CT molecular complexity index is 780. The van der Waals surface area contributed by atoms with E-state index in [4.69, 9.17) is 0 Å². The van der Waals surface area contributed by atoms with Crippen molar-refractivity contribution in [2.24, 2.45) is 0 Å². The lowest BCUT2D eigenvalue weighted by Crippen LogP contribution is -2.00. The van der Waals surface area contributed by atoms with Gasteiger partial charge in [-0.25, -0.2) is 14.8 Å². The van der Waals surface area contributed by atoms with Gasteiger partial charge in [-0.15, -0.1) is 0 Å². The molecule has 0 unspecified atom stereocenters. The Morgan fingerprint density at radius 3 is 2.90 bits per heavy atom. The average Bonchev–Trinajstić information content (AvgIpc) is 2.91. The highest BCUT2D eigenvalue weighted by Crippen LogP contribution is 2.24. The van der Waals surface area contributed by atoms with Gasteiger partial charge in [0.25, 0.3) is 0 Å². The second-order valence-electron chi connectivity index (χ2n) is 4.32. The van der Waals surface area contributed by atoms with Gasteiger partial charge in [0.1, 0.15) is 5.65 Å². The van der Waals surface area contributed by atoms with Gasteiger partial charge in [-0.1, -0.05) is 6.92 Å². The lowest BCUT2D eigenvalue weighted by Gasteiger charge is -2.05. The molecule has 3 aromatic rings. The van der Waals surface area contributed by atoms with Gasteiger partial charge >= 0.3 is 5.97 Å². The number of carboxylic acid groups (broad SMARTS) is 1. The number of H-pyrrole nitrogens is 1. The van der Waals surface area contributed by atoms with Gasteiger partial charge in [0.15, 0.2) is 5.82 Å². The zero-order chi connectivity index (χ0) is 14.1. The van der Waals surface area contributed by atoms with Crippen LogP contribution in [0.4, 0.5) is 0 Å². The Labute approximate surface area is 114 Å². The van der Waals surface area contributed by atoms with Crippen LogP contribution in [0.2, 0.25) is 0 Å². The Balaban J connectivity index is 2.27. The summed E-state index contributed by atoms with van der Waals surface area (Å²) in [6.45, 7) is 1.94. The molecule has 0 aromatic carbocycles. The number of aromatic amines is 1. The quantitative estimate of drug-likeness (QED) is 0.760. The van der Waals surface area contributed by atoms with Crippen molar-refractivity contribution in [2.45, 2.75) is 13.3 Å². The summed E-state index contributed by atoms with van der Waals surface area (Å²) in [6.07, 6.45) is 5.44. The van der Waals surface area contributed by atoms with Crippen molar-refractivity contribution in [3.8, 4) is 11.4 Å². The number of rotatable bonds is 3. The molecule has 0 saturated carbocycles. The first-order valence-corrected chi connectivity index (χ1v) is 6.22. The minimum Gasteiger partial charge on any atom is -0.478 e. The summed E-state index contributed by atoms with van der Waals surface area (Å²) in [7, 11) is 0. The standard InChI is InChI=1S/C14H12N4O2/c1-2-10-11-9(14(19)20)7-16-13(11)18-12(17-10)8-4-3-5-15-6-8/h3-7H,2H2,1H3,(H,19,20)(H,16,17,18). The zero-order valence-electron chi connectivity index (χ0n) is 10.8. The van der Waals surface area contributed by atoms with Crippen molar-refractivity contribution < 1.29 is 9.90 Å². The van der Waals surface area contributed by atoms with E-state index in [0.717, 1.165) is 5.56 Å². The predicted octanol–water partition coefficient (Wildman–Crippen LogP) is 2.28. The molecular formula is C14H12N4O2. The maximum absolute atomic E-state index is 11.2. The monoisotopic (exact) mass is 268 g/mol. The molecule has 0 aliphatic carbocycles. The summed E-state index contributed by atoms with van der Waals surface area (Å²) >= 11 is 0. The van der Waals surface area contributed by atoms with E-state index in [0.29, 0.717) is 29.0 Å². The van der Waals surface area contributed by atoms with Crippen LogP contribution in [0.15, 0.2) is 30.7 Å². The molecule has 0 amide bonds. The van der Waals surface area contributed by atoms with Crippen LogP contribution >= 0.6 is 0 Å². The van der Waals surface area contributed by atoms with Gasteiger partial charge in [0, 0.05) is 24.2 Å². The fourth-order valence-electron chi connectivity index (χ4n) is 2.16. The van der Waals surface area contributed by atoms with E-state index in [-0.39, 0.29) is 5.56 Å². The largest absolute Gasteiger partial charge is 0.478 e. The molecule has 3 aromatic heterocycles. The average molecular weight is 268 g/mol. The first-order chi connectivity index (χ1) is 9.70. The second kappa shape index (κ2) is 4.73. The molecule has 6 heteroatoms. The van der Waals surface area contributed by atoms with Crippen LogP contribution < -0.4 is 0 Å². The Morgan fingerprint density at radius 1 is 1.40 bits per heavy atom. The van der Waals surface area contributed by atoms with Gasteiger partial charge < -0.3 is 10.1 Å². The highest BCUT2D eigenvalue weighted by Gasteiger charge is 2.17. The number of aromatic nitrogens is 4. The van der Waals surface area contributed by atoms with Crippen LogP contribution in [-0.2, 0) is 6.42 Å². The van der Waals surface area contributed by atoms with E-state index in [2.05, 4.69) is 19.9 Å². The van der Waals surface area contributed by atoms with E-state index in [1.165, 1.54) is 6.20 Å². The minimum atomic E-state index is -0.983. The highest BCUT2D eigenvalue weighted by atomic mass is 16.4. The highest BCUT2D eigenvalue weighted by molar-refractivity contribution is 6.03. The summed E-state index contributed by atoms with van der Waals surface area (Å²) in [5.74, 6) is -0.440. The molecule has 0 radical (unpaired) electrons. The van der Waals surface area contributed by atoms with Crippen molar-refractivity contribution in [2.75, 3.05) is 0 Å². The molecule has 0 atom stereocenters. The lowest BCUT2D eigenvalue weighted by molar-refractivity contribution is 0.0699. The summed E-state index contributed by atoms with van der Waals surface area (Å²) in [5, 5.41) is 9.77. The number of carboxylic acids is 1. The molecule has 6 nitrogen and oxygen atoms in total. The number of aromatic carboxylic acids is 1. The molecule has 0 aliphatic heterocycles. The zero-order valence-corrected chi connectivity index (χ0v) is 10.8. The molecule has 100 valence electrons. The third-order valence-corrected chi connectivity index (χ3v) is 3.09. The molecule has 0 spiro atoms. The van der Waals surface area contributed by atoms with E-state index < -0.39 is 5.97 Å². The molecule has 2 N–H and O–H groups in total. The first-order valence-electron chi connectivity index (χ1n) is 6.22. The SMILES string of the molecule is CCc1nc(-c2cccnc2)nc2[nH]cc(C(=O)O)c12. The third-order valence-electron chi connectivity index (χ3n) is 3.09. The predicted molar refractivity (Wildman–Crippen MR) is 73.5 cm³/mol. The summed E-state index contributed by atoms with van der Waals surface area (Å²) < 4.78 is 0. The molecule has 3 rings (SSSR count). The summed E-state index contributed by atoms with van der Waals surface area (Å²) in [6, 6.07) is 3.68. The van der Waals surface area contributed by atoms with Gasteiger partial charge in [-0.05, 0) is 18.6 Å². The van der Waals surface area contributed by atoms with Crippen molar-refractivity contribution in [3.05, 3.63) is 42.0 Å². The minimum absolute atomic E-state index is 0.203. The molecular weight excluding hydrogens is 256 g/mol. The van der Waals surface area contributed by atoms with Crippen molar-refractivity contribution in [1.29, 1.82) is 0 Å². The van der Waals surface area contributed by atoms with E-state index in [9.17, 15) is 9.90 Å². The van der Waals surface area contributed by atoms with Crippen molar-refractivity contribution >= 4 is 17.0 Å². The van der Waals surface area contributed by atoms with Crippen LogP contribution in [0.25, 0.3) is 22.4 Å². The number of nitrogens with one attached hydrogen (secondary N) is 1. The topological polar surface area (TPSA) is 91.8 Å². The molecule has 0 saturated heterocycles. The van der Waals surface area contributed by atoms with Crippen molar-refractivity contribution in [3.63, 3.8) is 0 Å². The number of hydrogen-bond acceptors (Lipinski definition) is 4. The number of pyridine rings is 1. The van der Waals surface area contributed by atoms with Crippen LogP contribution in [0.5, 0.6) is 0 Å². The van der Waals surface area contributed by atoms with Crippen LogP contribution in [0.1, 0.15) is 23.0 Å². The maximum atomic E-state index is 11.2. The Kier molecular flexibility index (Phi) is 2.90. The number of fused-ring (bicyclic) bond motifs is 1. The van der Waals surface area contributed by atoms with Crippen LogP contribution in [0, 0.1) is 0 Å². The van der Waals surface area contributed by atoms with Crippen LogP contribution in [-0.4, -0.2) is 31.0 Å². The normalized spacial score (nSPS) is 10.8. The Morgan fingerprint density at radius 2 is 2.25 bits per heavy atom. The molecule has 0 aliphatic rings. The molecule has 0 fully saturated rings. The fraction of sp³-hybridized carbons (Fsp3) is 0.143. The second-order valence-corrected chi connectivity index (χ2v) is 4.32. The number of aryl methyl sites for hydroxylation is 1. The Hall–Kier alpha value is -2.76. The number of hydrogen-bond donors (Lipinski definition) is 2. The summed E-state index contributed by atoms with van der Waals surface area (Å²) in [4.78, 5) is 27.0. The van der Waals surface area contributed by atoms with Gasteiger partial charge in [0.2, 0.25) is 0 Å². The smallest absolute Gasteiger partial charge is 0.338 e. The number of carbonyl (C=O) groups is 1. The first kappa shape index (κ1) is 12.3. The van der Waals surface area contributed by atoms with Crippen molar-refractivity contribution in [1.82, 2.24) is 19.9 Å². The third kappa shape index (κ3) is 1.91. The van der Waals surface area contributed by atoms with E-state index >= 15 is 0 Å². The lowest BCUT2D eigenvalue weighted by atomic mass is 10.1. The van der Waals surface area contributed by atoms with Gasteiger partial charge in [-0.3, -0.25) is 4.98 Å². The molecule has 3 heterocycles. The van der Waals surface area contributed by atoms with E-state index in [1.54, 1.807) is 12.4 Å². The fourth-order valence-corrected chi connectivity index (χ4v) is 2.16. The molecule has 20 heavy (non-hydrogen) atoms. The molecule has 0 bridgehead atoms. The number of nitrogens with zero attached hydrogens (tertiary/aromatic N) is 3. The van der Waals surface area contributed by atoms with Crippen LogP contribution in [0.3, 0.4) is 0 Å². The summed E-state index contributed by atoms with van der Waals surface area (Å²) in [5.41, 5.74) is 2.26. The van der Waals surface area contributed by atoms with Gasteiger partial charge in [-0.2, -0.15) is 0 Å².